The second-order valence-corrected chi connectivity index (χ2v) is 6.23. The molecule has 0 radical (unpaired) electrons. The minimum Gasteiger partial charge on any atom is -0.493 e. The molecule has 7 nitrogen and oxygen atoms in total. The van der Waals surface area contributed by atoms with Gasteiger partial charge >= 0.3 is 0 Å². The number of hydrogen-bond acceptors (Lipinski definition) is 5. The second-order valence-electron chi connectivity index (χ2n) is 6.23. The normalized spacial score (nSPS) is 16.1. The highest BCUT2D eigenvalue weighted by atomic mass is 35.5. The molecule has 0 bridgehead atoms. The third kappa shape index (κ3) is 5.51. The van der Waals surface area contributed by atoms with Gasteiger partial charge in [-0.25, -0.2) is 0 Å². The van der Waals surface area contributed by atoms with Gasteiger partial charge in [0.2, 0.25) is 0 Å². The molecule has 2 aromatic rings. The highest BCUT2D eigenvalue weighted by molar-refractivity contribution is 5.95. The van der Waals surface area contributed by atoms with E-state index in [1.165, 1.54) is 0 Å². The number of hydrogen-bond donors (Lipinski definition) is 1. The summed E-state index contributed by atoms with van der Waals surface area (Å²) < 4.78 is 13.0. The first kappa shape index (κ1) is 23.1. The van der Waals surface area contributed by atoms with Crippen molar-refractivity contribution in [2.24, 2.45) is 7.05 Å². The highest BCUT2D eigenvalue weighted by Crippen LogP contribution is 2.29. The SMILES string of the molecule is COc1cc(C(=O)N2CCNC[C@H]2C)ccc1OCc1cnn(C)c1.Cl.Cl. The Balaban J connectivity index is 0.00000182. The van der Waals surface area contributed by atoms with E-state index in [1.807, 2.05) is 25.1 Å². The van der Waals surface area contributed by atoms with Gasteiger partial charge in [0.05, 0.1) is 13.3 Å². The minimum atomic E-state index is 0. The largest absolute Gasteiger partial charge is 0.493 e. The first-order chi connectivity index (χ1) is 12.1. The molecule has 0 saturated carbocycles. The Morgan fingerprint density at radius 1 is 1.33 bits per heavy atom. The molecule has 9 heteroatoms. The number of aromatic nitrogens is 2. The number of amides is 1. The molecule has 1 amide bonds. The third-order valence-corrected chi connectivity index (χ3v) is 4.33. The van der Waals surface area contributed by atoms with E-state index >= 15 is 0 Å². The van der Waals surface area contributed by atoms with Crippen LogP contribution in [0.2, 0.25) is 0 Å². The molecular weight excluding hydrogens is 391 g/mol. The van der Waals surface area contributed by atoms with Crippen LogP contribution >= 0.6 is 24.8 Å². The van der Waals surface area contributed by atoms with E-state index in [9.17, 15) is 4.79 Å². The van der Waals surface area contributed by atoms with Crippen molar-refractivity contribution < 1.29 is 14.3 Å². The number of benzene rings is 1. The number of halogens is 2. The summed E-state index contributed by atoms with van der Waals surface area (Å²) in [5.74, 6) is 1.18. The van der Waals surface area contributed by atoms with Crippen LogP contribution in [0.4, 0.5) is 0 Å². The topological polar surface area (TPSA) is 68.6 Å². The van der Waals surface area contributed by atoms with E-state index in [-0.39, 0.29) is 36.8 Å². The van der Waals surface area contributed by atoms with Crippen molar-refractivity contribution in [3.8, 4) is 11.5 Å². The molecule has 1 atom stereocenters. The number of carbonyl (C=O) groups is 1. The number of piperazine rings is 1. The second kappa shape index (κ2) is 10.4. The zero-order valence-corrected chi connectivity index (χ0v) is 17.3. The van der Waals surface area contributed by atoms with Crippen LogP contribution in [-0.4, -0.2) is 53.4 Å². The van der Waals surface area contributed by atoms with Gasteiger partial charge in [0.25, 0.3) is 5.91 Å². The Labute approximate surface area is 171 Å². The lowest BCUT2D eigenvalue weighted by Crippen LogP contribution is -2.52. The first-order valence-corrected chi connectivity index (χ1v) is 8.38. The molecule has 1 aromatic heterocycles. The fourth-order valence-electron chi connectivity index (χ4n) is 2.94. The fourth-order valence-corrected chi connectivity index (χ4v) is 2.94. The molecule has 0 unspecified atom stereocenters. The molecule has 1 aliphatic heterocycles. The maximum absolute atomic E-state index is 12.8. The summed E-state index contributed by atoms with van der Waals surface area (Å²) in [4.78, 5) is 14.7. The Bertz CT molecular complexity index is 754. The van der Waals surface area contributed by atoms with Crippen molar-refractivity contribution in [2.75, 3.05) is 26.7 Å². The Kier molecular flexibility index (Phi) is 8.88. The number of rotatable bonds is 5. The highest BCUT2D eigenvalue weighted by Gasteiger charge is 2.24. The van der Waals surface area contributed by atoms with Gasteiger partial charge in [-0.05, 0) is 25.1 Å². The standard InChI is InChI=1S/C18H24N4O3.2ClH/c1-13-9-19-6-7-22(13)18(23)15-4-5-16(17(8-15)24-3)25-12-14-10-20-21(2)11-14;;/h4-5,8,10-11,13,19H,6-7,9,12H2,1-3H3;2*1H/t13-;;/m1../s1. The van der Waals surface area contributed by atoms with Crippen molar-refractivity contribution in [3.05, 3.63) is 41.7 Å². The Hall–Kier alpha value is -1.96. The maximum atomic E-state index is 12.8. The zero-order valence-electron chi connectivity index (χ0n) is 15.7. The summed E-state index contributed by atoms with van der Waals surface area (Å²) in [5, 5.41) is 7.41. The summed E-state index contributed by atoms with van der Waals surface area (Å²) >= 11 is 0. The van der Waals surface area contributed by atoms with Gasteiger partial charge in [0, 0.05) is 50.0 Å². The maximum Gasteiger partial charge on any atom is 0.254 e. The summed E-state index contributed by atoms with van der Waals surface area (Å²) in [5.41, 5.74) is 1.58. The van der Waals surface area contributed by atoms with Crippen LogP contribution in [0, 0.1) is 0 Å². The first-order valence-electron chi connectivity index (χ1n) is 8.38. The monoisotopic (exact) mass is 416 g/mol. The number of carbonyl (C=O) groups excluding carboxylic acids is 1. The van der Waals surface area contributed by atoms with E-state index < -0.39 is 0 Å². The van der Waals surface area contributed by atoms with E-state index in [4.69, 9.17) is 9.47 Å². The number of methoxy groups -OCH3 is 1. The molecule has 3 rings (SSSR count). The van der Waals surface area contributed by atoms with Crippen LogP contribution in [0.5, 0.6) is 11.5 Å². The summed E-state index contributed by atoms with van der Waals surface area (Å²) in [6, 6.07) is 5.50. The van der Waals surface area contributed by atoms with Gasteiger partial charge in [0.15, 0.2) is 11.5 Å². The molecule has 1 aliphatic rings. The summed E-state index contributed by atoms with van der Waals surface area (Å²) in [6.07, 6.45) is 3.66. The predicted octanol–water partition coefficient (Wildman–Crippen LogP) is 2.29. The van der Waals surface area contributed by atoms with Gasteiger partial charge in [-0.3, -0.25) is 9.48 Å². The molecule has 1 fully saturated rings. The van der Waals surface area contributed by atoms with E-state index in [2.05, 4.69) is 10.4 Å². The minimum absolute atomic E-state index is 0. The molecule has 0 aliphatic carbocycles. The molecule has 1 N–H and O–H groups in total. The lowest BCUT2D eigenvalue weighted by molar-refractivity contribution is 0.0655. The average molecular weight is 417 g/mol. The van der Waals surface area contributed by atoms with Crippen LogP contribution in [0.25, 0.3) is 0 Å². The zero-order chi connectivity index (χ0) is 17.8. The van der Waals surface area contributed by atoms with Crippen molar-refractivity contribution >= 4 is 30.7 Å². The molecular formula is C18H26Cl2N4O3. The van der Waals surface area contributed by atoms with Gasteiger partial charge in [-0.15, -0.1) is 24.8 Å². The van der Waals surface area contributed by atoms with Crippen molar-refractivity contribution in [2.45, 2.75) is 19.6 Å². The fraction of sp³-hybridized carbons (Fsp3) is 0.444. The number of ether oxygens (including phenoxy) is 2. The van der Waals surface area contributed by atoms with Crippen LogP contribution in [0.3, 0.4) is 0 Å². The van der Waals surface area contributed by atoms with Crippen LogP contribution in [0.15, 0.2) is 30.6 Å². The number of nitrogens with one attached hydrogen (secondary N) is 1. The molecule has 2 heterocycles. The molecule has 0 spiro atoms. The molecule has 1 saturated heterocycles. The van der Waals surface area contributed by atoms with E-state index in [0.29, 0.717) is 30.2 Å². The van der Waals surface area contributed by atoms with Gasteiger partial charge in [-0.1, -0.05) is 0 Å². The van der Waals surface area contributed by atoms with Crippen LogP contribution in [0.1, 0.15) is 22.8 Å². The Morgan fingerprint density at radius 2 is 2.11 bits per heavy atom. The summed E-state index contributed by atoms with van der Waals surface area (Å²) in [7, 11) is 3.44. The van der Waals surface area contributed by atoms with Crippen molar-refractivity contribution in [3.63, 3.8) is 0 Å². The third-order valence-electron chi connectivity index (χ3n) is 4.33. The molecule has 1 aromatic carbocycles. The van der Waals surface area contributed by atoms with Crippen LogP contribution < -0.4 is 14.8 Å². The van der Waals surface area contributed by atoms with Crippen molar-refractivity contribution in [1.29, 1.82) is 0 Å². The Morgan fingerprint density at radius 3 is 2.74 bits per heavy atom. The van der Waals surface area contributed by atoms with Crippen molar-refractivity contribution in [1.82, 2.24) is 20.0 Å². The van der Waals surface area contributed by atoms with E-state index in [1.54, 1.807) is 36.2 Å². The van der Waals surface area contributed by atoms with E-state index in [0.717, 1.165) is 18.7 Å². The lowest BCUT2D eigenvalue weighted by atomic mass is 10.1. The van der Waals surface area contributed by atoms with Crippen LogP contribution in [-0.2, 0) is 13.7 Å². The quantitative estimate of drug-likeness (QED) is 0.809. The van der Waals surface area contributed by atoms with Gasteiger partial charge < -0.3 is 19.7 Å². The number of nitrogens with zero attached hydrogens (tertiary/aromatic N) is 3. The van der Waals surface area contributed by atoms with Gasteiger partial charge in [-0.2, -0.15) is 5.10 Å². The number of aryl methyl sites for hydroxylation is 1. The smallest absolute Gasteiger partial charge is 0.254 e. The lowest BCUT2D eigenvalue weighted by Gasteiger charge is -2.34. The average Bonchev–Trinajstić information content (AvgIpc) is 3.05. The molecule has 150 valence electrons. The predicted molar refractivity (Wildman–Crippen MR) is 108 cm³/mol. The summed E-state index contributed by atoms with van der Waals surface area (Å²) in [6.45, 7) is 4.79. The van der Waals surface area contributed by atoms with Gasteiger partial charge in [0.1, 0.15) is 6.61 Å². The molecule has 27 heavy (non-hydrogen) atoms.